The maximum atomic E-state index is 11.6. The van der Waals surface area contributed by atoms with E-state index >= 15 is 0 Å². The molecule has 0 aromatic carbocycles. The van der Waals surface area contributed by atoms with Crippen molar-refractivity contribution in [1.29, 1.82) is 0 Å². The second-order valence-corrected chi connectivity index (χ2v) is 5.12. The van der Waals surface area contributed by atoms with Crippen LogP contribution in [-0.4, -0.2) is 43.2 Å². The Hall–Kier alpha value is -0.130. The highest BCUT2D eigenvalue weighted by Crippen LogP contribution is 2.20. The van der Waals surface area contributed by atoms with Crippen molar-refractivity contribution in [3.05, 3.63) is 6.42 Å². The summed E-state index contributed by atoms with van der Waals surface area (Å²) >= 11 is 0. The van der Waals surface area contributed by atoms with Crippen molar-refractivity contribution < 1.29 is 8.42 Å². The highest BCUT2D eigenvalue weighted by Gasteiger charge is 2.34. The smallest absolute Gasteiger partial charge is 0.195 e. The van der Waals surface area contributed by atoms with E-state index in [1.807, 2.05) is 6.42 Å². The number of hydrogen-bond acceptors (Lipinski definition) is 2. The minimum Gasteiger partial charge on any atom is -0.195 e. The lowest BCUT2D eigenvalue weighted by molar-refractivity contribution is 0.283. The molecule has 5 heteroatoms. The van der Waals surface area contributed by atoms with Crippen molar-refractivity contribution in [2.45, 2.75) is 12.8 Å². The van der Waals surface area contributed by atoms with Crippen molar-refractivity contribution in [1.82, 2.24) is 8.61 Å². The van der Waals surface area contributed by atoms with Gasteiger partial charge in [-0.15, -0.1) is 0 Å². The summed E-state index contributed by atoms with van der Waals surface area (Å²) in [6.07, 6.45) is 3.92. The first-order valence-corrected chi connectivity index (χ1v) is 5.68. The molecule has 0 N–H and O–H groups in total. The topological polar surface area (TPSA) is 40.6 Å². The molecular formula is C7H13N2O2S. The molecule has 0 aromatic heterocycles. The van der Waals surface area contributed by atoms with Crippen LogP contribution in [0.2, 0.25) is 0 Å². The normalized spacial score (nSPS) is 27.3. The summed E-state index contributed by atoms with van der Waals surface area (Å²) in [4.78, 5) is 0. The lowest BCUT2D eigenvalue weighted by atomic mass is 10.3. The van der Waals surface area contributed by atoms with Crippen LogP contribution >= 0.6 is 0 Å². The number of nitrogens with zero attached hydrogens (tertiary/aromatic N) is 2. The lowest BCUT2D eigenvalue weighted by Gasteiger charge is -2.33. The molecule has 0 unspecified atom stereocenters. The third-order valence-corrected chi connectivity index (χ3v) is 4.38. The van der Waals surface area contributed by atoms with Gasteiger partial charge < -0.3 is 0 Å². The van der Waals surface area contributed by atoms with E-state index in [9.17, 15) is 8.42 Å². The van der Waals surface area contributed by atoms with Crippen LogP contribution in [0.1, 0.15) is 12.8 Å². The third kappa shape index (κ3) is 1.26. The Morgan fingerprint density at radius 2 is 1.83 bits per heavy atom. The fraction of sp³-hybridized carbons (Fsp3) is 0.857. The average Bonchev–Trinajstić information content (AvgIpc) is 2.30. The molecule has 69 valence electrons. The quantitative estimate of drug-likeness (QED) is 0.606. The molecular weight excluding hydrogens is 176 g/mol. The standard InChI is InChI=1S/C7H13N2O2S/c10-12(11,9-6-3-7-9)8-4-1-2-5-8/h1H,2-7H2. The van der Waals surface area contributed by atoms with E-state index in [4.69, 9.17) is 0 Å². The Labute approximate surface area is 73.3 Å². The second kappa shape index (κ2) is 2.97. The highest BCUT2D eigenvalue weighted by molar-refractivity contribution is 7.86. The minimum absolute atomic E-state index is 0.596. The van der Waals surface area contributed by atoms with Crippen LogP contribution in [-0.2, 0) is 10.2 Å². The van der Waals surface area contributed by atoms with Gasteiger partial charge in [-0.25, -0.2) is 0 Å². The van der Waals surface area contributed by atoms with E-state index in [0.29, 0.717) is 26.2 Å². The van der Waals surface area contributed by atoms with Crippen molar-refractivity contribution >= 4 is 10.2 Å². The Morgan fingerprint density at radius 1 is 1.08 bits per heavy atom. The van der Waals surface area contributed by atoms with Gasteiger partial charge in [-0.3, -0.25) is 0 Å². The van der Waals surface area contributed by atoms with Gasteiger partial charge in [-0.05, 0) is 19.3 Å². The predicted molar refractivity (Wildman–Crippen MR) is 45.6 cm³/mol. The Kier molecular flexibility index (Phi) is 2.10. The summed E-state index contributed by atoms with van der Waals surface area (Å²) in [7, 11) is -3.07. The SMILES string of the molecule is O=S(=O)(N1C[CH]CC1)N1CCC1. The van der Waals surface area contributed by atoms with Crippen molar-refractivity contribution in [3.63, 3.8) is 0 Å². The lowest BCUT2D eigenvalue weighted by Crippen LogP contribution is -2.49. The van der Waals surface area contributed by atoms with Gasteiger partial charge in [-0.2, -0.15) is 17.0 Å². The van der Waals surface area contributed by atoms with Crippen LogP contribution in [0.3, 0.4) is 0 Å². The molecule has 2 saturated heterocycles. The molecule has 2 rings (SSSR count). The van der Waals surface area contributed by atoms with Crippen LogP contribution < -0.4 is 0 Å². The maximum absolute atomic E-state index is 11.6. The van der Waals surface area contributed by atoms with Crippen LogP contribution in [0.5, 0.6) is 0 Å². The number of hydrogen-bond donors (Lipinski definition) is 0. The fourth-order valence-corrected chi connectivity index (χ4v) is 3.13. The van der Waals surface area contributed by atoms with E-state index in [1.54, 1.807) is 8.61 Å². The van der Waals surface area contributed by atoms with Gasteiger partial charge in [0.1, 0.15) is 0 Å². The molecule has 0 spiro atoms. The van der Waals surface area contributed by atoms with Crippen molar-refractivity contribution in [2.75, 3.05) is 26.2 Å². The van der Waals surface area contributed by atoms with E-state index in [-0.39, 0.29) is 0 Å². The van der Waals surface area contributed by atoms with Crippen LogP contribution in [0.25, 0.3) is 0 Å². The summed E-state index contributed by atoms with van der Waals surface area (Å²) in [5.41, 5.74) is 0. The predicted octanol–water partition coefficient (Wildman–Crippen LogP) is -0.153. The van der Waals surface area contributed by atoms with Crippen LogP contribution in [0.15, 0.2) is 0 Å². The minimum atomic E-state index is -3.07. The van der Waals surface area contributed by atoms with E-state index < -0.39 is 10.2 Å². The zero-order valence-corrected chi connectivity index (χ0v) is 7.76. The zero-order chi connectivity index (χ0) is 8.60. The average molecular weight is 189 g/mol. The molecule has 4 nitrogen and oxygen atoms in total. The molecule has 2 heterocycles. The van der Waals surface area contributed by atoms with Crippen LogP contribution in [0.4, 0.5) is 0 Å². The molecule has 0 bridgehead atoms. The van der Waals surface area contributed by atoms with E-state index in [1.165, 1.54) is 0 Å². The molecule has 12 heavy (non-hydrogen) atoms. The monoisotopic (exact) mass is 189 g/mol. The third-order valence-electron chi connectivity index (χ3n) is 2.38. The van der Waals surface area contributed by atoms with Gasteiger partial charge >= 0.3 is 0 Å². The molecule has 2 aliphatic heterocycles. The summed E-state index contributed by atoms with van der Waals surface area (Å²) < 4.78 is 26.4. The van der Waals surface area contributed by atoms with Gasteiger partial charge in [0.25, 0.3) is 10.2 Å². The molecule has 0 aliphatic carbocycles. The van der Waals surface area contributed by atoms with Crippen molar-refractivity contribution in [2.24, 2.45) is 0 Å². The molecule has 1 radical (unpaired) electrons. The second-order valence-electron chi connectivity index (χ2n) is 3.20. The first-order valence-electron chi connectivity index (χ1n) is 4.28. The largest absolute Gasteiger partial charge is 0.281 e. The van der Waals surface area contributed by atoms with Gasteiger partial charge in [0.2, 0.25) is 0 Å². The Balaban J connectivity index is 2.08. The number of rotatable bonds is 2. The Morgan fingerprint density at radius 3 is 2.25 bits per heavy atom. The van der Waals surface area contributed by atoms with Crippen molar-refractivity contribution in [3.8, 4) is 0 Å². The zero-order valence-electron chi connectivity index (χ0n) is 6.94. The summed E-state index contributed by atoms with van der Waals surface area (Å²) in [5.74, 6) is 0. The summed E-state index contributed by atoms with van der Waals surface area (Å²) in [5, 5.41) is 0. The molecule has 0 saturated carbocycles. The first-order chi connectivity index (χ1) is 5.71. The fourth-order valence-electron chi connectivity index (χ4n) is 1.45. The van der Waals surface area contributed by atoms with Gasteiger partial charge in [0.15, 0.2) is 0 Å². The Bertz CT molecular complexity index is 253. The molecule has 0 atom stereocenters. The van der Waals surface area contributed by atoms with E-state index in [2.05, 4.69) is 0 Å². The summed E-state index contributed by atoms with van der Waals surface area (Å²) in [6, 6.07) is 0. The first kappa shape index (κ1) is 8.47. The van der Waals surface area contributed by atoms with Gasteiger partial charge in [0.05, 0.1) is 0 Å². The highest BCUT2D eigenvalue weighted by atomic mass is 32.2. The van der Waals surface area contributed by atoms with E-state index in [0.717, 1.165) is 12.8 Å². The molecule has 2 aliphatic rings. The molecule has 0 amide bonds. The van der Waals surface area contributed by atoms with Crippen LogP contribution in [0, 0.1) is 6.42 Å². The maximum Gasteiger partial charge on any atom is 0.281 e. The molecule has 0 aromatic rings. The van der Waals surface area contributed by atoms with Gasteiger partial charge in [0, 0.05) is 26.2 Å². The molecule has 2 fully saturated rings. The summed E-state index contributed by atoms with van der Waals surface area (Å²) in [6.45, 7) is 2.68. The van der Waals surface area contributed by atoms with Gasteiger partial charge in [-0.1, -0.05) is 0 Å².